The van der Waals surface area contributed by atoms with E-state index in [1.54, 1.807) is 12.1 Å². The van der Waals surface area contributed by atoms with Crippen molar-refractivity contribution in [3.8, 4) is 5.75 Å². The summed E-state index contributed by atoms with van der Waals surface area (Å²) < 4.78 is 31.7. The van der Waals surface area contributed by atoms with E-state index in [9.17, 15) is 8.42 Å². The third-order valence-corrected chi connectivity index (χ3v) is 7.67. The molecule has 0 amide bonds. The summed E-state index contributed by atoms with van der Waals surface area (Å²) in [4.78, 5) is 0.449. The van der Waals surface area contributed by atoms with E-state index < -0.39 is 9.84 Å². The van der Waals surface area contributed by atoms with Crippen LogP contribution in [0.25, 0.3) is 0 Å². The number of fused-ring (bicyclic) bond motifs is 3. The molecule has 0 aromatic heterocycles. The van der Waals surface area contributed by atoms with Crippen LogP contribution in [0.4, 0.5) is 0 Å². The van der Waals surface area contributed by atoms with Gasteiger partial charge in [-0.05, 0) is 37.9 Å². The molecule has 2 atom stereocenters. The summed E-state index contributed by atoms with van der Waals surface area (Å²) in [5, 5.41) is 3.14. The first-order valence-electron chi connectivity index (χ1n) is 8.41. The molecule has 1 N–H and O–H groups in total. The van der Waals surface area contributed by atoms with E-state index in [0.29, 0.717) is 10.8 Å². The molecule has 22 heavy (non-hydrogen) atoms. The lowest BCUT2D eigenvalue weighted by molar-refractivity contribution is 0.176. The van der Waals surface area contributed by atoms with Crippen molar-refractivity contribution in [3.05, 3.63) is 23.8 Å². The molecular weight excluding hydrogens is 298 g/mol. The molecule has 2 aliphatic heterocycles. The Morgan fingerprint density at radius 1 is 1.09 bits per heavy atom. The second-order valence-corrected chi connectivity index (χ2v) is 8.99. The molecule has 2 heterocycles. The Kier molecular flexibility index (Phi) is 3.65. The van der Waals surface area contributed by atoms with Gasteiger partial charge in [0.15, 0.2) is 9.84 Å². The molecule has 1 saturated heterocycles. The van der Waals surface area contributed by atoms with E-state index in [1.807, 2.05) is 6.07 Å². The Morgan fingerprint density at radius 3 is 2.73 bits per heavy atom. The van der Waals surface area contributed by atoms with Crippen molar-refractivity contribution in [1.82, 2.24) is 5.32 Å². The molecule has 4 rings (SSSR count). The van der Waals surface area contributed by atoms with Crippen LogP contribution in [0.2, 0.25) is 0 Å². The second kappa shape index (κ2) is 5.53. The van der Waals surface area contributed by atoms with Crippen molar-refractivity contribution in [2.24, 2.45) is 0 Å². The minimum absolute atomic E-state index is 0.163. The first-order chi connectivity index (χ1) is 10.7. The zero-order valence-corrected chi connectivity index (χ0v) is 13.6. The maximum absolute atomic E-state index is 12.8. The van der Waals surface area contributed by atoms with Crippen molar-refractivity contribution in [3.63, 3.8) is 0 Å². The third-order valence-electron chi connectivity index (χ3n) is 5.41. The first kappa shape index (κ1) is 14.5. The van der Waals surface area contributed by atoms with Gasteiger partial charge in [0.1, 0.15) is 11.9 Å². The molecule has 0 radical (unpaired) electrons. The molecule has 1 aromatic rings. The Morgan fingerprint density at radius 2 is 1.91 bits per heavy atom. The van der Waals surface area contributed by atoms with Gasteiger partial charge in [-0.1, -0.05) is 25.3 Å². The van der Waals surface area contributed by atoms with Gasteiger partial charge >= 0.3 is 0 Å². The number of sulfone groups is 1. The number of ether oxygens (including phenoxy) is 1. The van der Waals surface area contributed by atoms with Gasteiger partial charge in [-0.2, -0.15) is 0 Å². The van der Waals surface area contributed by atoms with Gasteiger partial charge in [-0.15, -0.1) is 0 Å². The molecule has 5 heteroatoms. The predicted octanol–water partition coefficient (Wildman–Crippen LogP) is 2.63. The van der Waals surface area contributed by atoms with Crippen LogP contribution in [0.15, 0.2) is 23.1 Å². The SMILES string of the molecule is O=S(=O)(c1ccc2c(c1)OC1CNCCC21)C1CCCCC1. The third kappa shape index (κ3) is 2.35. The summed E-state index contributed by atoms with van der Waals surface area (Å²) in [6, 6.07) is 5.56. The predicted molar refractivity (Wildman–Crippen MR) is 85.1 cm³/mol. The molecule has 1 aromatic carbocycles. The Hall–Kier alpha value is -1.07. The molecule has 4 nitrogen and oxygen atoms in total. The average molecular weight is 321 g/mol. The van der Waals surface area contributed by atoms with E-state index in [2.05, 4.69) is 5.32 Å². The zero-order chi connectivity index (χ0) is 15.2. The summed E-state index contributed by atoms with van der Waals surface area (Å²) in [5.41, 5.74) is 1.19. The number of nitrogens with one attached hydrogen (secondary N) is 1. The number of benzene rings is 1. The van der Waals surface area contributed by atoms with Crippen LogP contribution in [-0.4, -0.2) is 32.9 Å². The highest BCUT2D eigenvalue weighted by Gasteiger charge is 2.37. The largest absolute Gasteiger partial charge is 0.488 e. The highest BCUT2D eigenvalue weighted by atomic mass is 32.2. The molecule has 1 saturated carbocycles. The Bertz CT molecular complexity index is 664. The van der Waals surface area contributed by atoms with Crippen LogP contribution in [0.1, 0.15) is 50.0 Å². The molecule has 0 bridgehead atoms. The fourth-order valence-corrected chi connectivity index (χ4v) is 6.01. The minimum Gasteiger partial charge on any atom is -0.488 e. The monoisotopic (exact) mass is 321 g/mol. The van der Waals surface area contributed by atoms with Crippen LogP contribution in [-0.2, 0) is 9.84 Å². The summed E-state index contributed by atoms with van der Waals surface area (Å²) >= 11 is 0. The van der Waals surface area contributed by atoms with E-state index >= 15 is 0 Å². The van der Waals surface area contributed by atoms with Gasteiger partial charge in [0.25, 0.3) is 0 Å². The summed E-state index contributed by atoms with van der Waals surface area (Å²) in [6.45, 7) is 1.86. The molecular formula is C17H23NO3S. The lowest BCUT2D eigenvalue weighted by Crippen LogP contribution is -2.39. The van der Waals surface area contributed by atoms with Gasteiger partial charge in [-0.25, -0.2) is 8.42 Å². The number of rotatable bonds is 2. The van der Waals surface area contributed by atoms with Crippen molar-refractivity contribution in [1.29, 1.82) is 0 Å². The highest BCUT2D eigenvalue weighted by molar-refractivity contribution is 7.92. The quantitative estimate of drug-likeness (QED) is 0.910. The Labute approximate surface area is 132 Å². The number of piperidine rings is 1. The van der Waals surface area contributed by atoms with Gasteiger partial charge in [-0.3, -0.25) is 0 Å². The Balaban J connectivity index is 1.65. The van der Waals surface area contributed by atoms with Crippen LogP contribution in [0, 0.1) is 0 Å². The summed E-state index contributed by atoms with van der Waals surface area (Å²) in [5.74, 6) is 1.21. The van der Waals surface area contributed by atoms with E-state index in [4.69, 9.17) is 4.74 Å². The lowest BCUT2D eigenvalue weighted by Gasteiger charge is -2.24. The summed E-state index contributed by atoms with van der Waals surface area (Å²) in [6.07, 6.45) is 6.05. The highest BCUT2D eigenvalue weighted by Crippen LogP contribution is 2.43. The van der Waals surface area contributed by atoms with Crippen LogP contribution in [0.3, 0.4) is 0 Å². The molecule has 3 aliphatic rings. The van der Waals surface area contributed by atoms with Gasteiger partial charge in [0.2, 0.25) is 0 Å². The molecule has 2 fully saturated rings. The fraction of sp³-hybridized carbons (Fsp3) is 0.647. The lowest BCUT2D eigenvalue weighted by atomic mass is 9.90. The standard InChI is InChI=1S/C17H23NO3S/c19-22(20,12-4-2-1-3-5-12)13-6-7-14-15-8-9-18-11-17(15)21-16(14)10-13/h6-7,10,12,15,17-18H,1-5,8-9,11H2. The fourth-order valence-electron chi connectivity index (χ4n) is 4.14. The van der Waals surface area contributed by atoms with E-state index in [0.717, 1.165) is 57.4 Å². The van der Waals surface area contributed by atoms with Crippen LogP contribution < -0.4 is 10.1 Å². The smallest absolute Gasteiger partial charge is 0.181 e. The molecule has 120 valence electrons. The van der Waals surface area contributed by atoms with Crippen molar-refractivity contribution in [2.45, 2.75) is 60.7 Å². The van der Waals surface area contributed by atoms with Crippen molar-refractivity contribution in [2.75, 3.05) is 13.1 Å². The van der Waals surface area contributed by atoms with Gasteiger partial charge in [0, 0.05) is 18.0 Å². The van der Waals surface area contributed by atoms with Crippen molar-refractivity contribution >= 4 is 9.84 Å². The molecule has 0 spiro atoms. The van der Waals surface area contributed by atoms with Gasteiger partial charge < -0.3 is 10.1 Å². The number of hydrogen-bond acceptors (Lipinski definition) is 4. The molecule has 2 unspecified atom stereocenters. The maximum atomic E-state index is 12.8. The normalized spacial score (nSPS) is 28.7. The van der Waals surface area contributed by atoms with Crippen LogP contribution in [0.5, 0.6) is 5.75 Å². The first-order valence-corrected chi connectivity index (χ1v) is 9.96. The van der Waals surface area contributed by atoms with E-state index in [1.165, 1.54) is 5.56 Å². The van der Waals surface area contributed by atoms with Crippen molar-refractivity contribution < 1.29 is 13.2 Å². The molecule has 1 aliphatic carbocycles. The topological polar surface area (TPSA) is 55.4 Å². The van der Waals surface area contributed by atoms with Crippen LogP contribution >= 0.6 is 0 Å². The maximum Gasteiger partial charge on any atom is 0.181 e. The minimum atomic E-state index is -3.21. The van der Waals surface area contributed by atoms with E-state index in [-0.39, 0.29) is 11.4 Å². The zero-order valence-electron chi connectivity index (χ0n) is 12.8. The summed E-state index contributed by atoms with van der Waals surface area (Å²) in [7, 11) is -3.21. The average Bonchev–Trinajstić information content (AvgIpc) is 2.93. The second-order valence-electron chi connectivity index (χ2n) is 6.76. The number of hydrogen-bond donors (Lipinski definition) is 1. The van der Waals surface area contributed by atoms with Gasteiger partial charge in [0.05, 0.1) is 10.1 Å².